The van der Waals surface area contributed by atoms with Crippen molar-refractivity contribution >= 4 is 23.6 Å². The topological polar surface area (TPSA) is 62.2 Å². The van der Waals surface area contributed by atoms with Crippen LogP contribution < -0.4 is 5.32 Å². The zero-order valence-electron chi connectivity index (χ0n) is 10.6. The number of pyridine rings is 1. The number of hydrogen-bond acceptors (Lipinski definition) is 3. The Kier molecular flexibility index (Phi) is 4.93. The molecular formula is C14H17ClN2O2. The van der Waals surface area contributed by atoms with Gasteiger partial charge in [-0.25, -0.2) is 4.98 Å². The van der Waals surface area contributed by atoms with E-state index in [1.807, 2.05) is 0 Å². The predicted molar refractivity (Wildman–Crippen MR) is 74.7 cm³/mol. The number of aliphatic hydroxyl groups is 1. The Morgan fingerprint density at radius 3 is 3.00 bits per heavy atom. The lowest BCUT2D eigenvalue weighted by atomic mass is 9.92. The molecule has 0 spiro atoms. The van der Waals surface area contributed by atoms with Crippen LogP contribution in [0.25, 0.3) is 6.08 Å². The van der Waals surface area contributed by atoms with Crippen LogP contribution in [0, 0.1) is 0 Å². The summed E-state index contributed by atoms with van der Waals surface area (Å²) in [6.45, 7) is 0. The van der Waals surface area contributed by atoms with Crippen LogP contribution in [0.15, 0.2) is 24.4 Å². The van der Waals surface area contributed by atoms with Crippen LogP contribution >= 0.6 is 11.6 Å². The Labute approximate surface area is 117 Å². The molecule has 1 aromatic heterocycles. The second-order valence-corrected chi connectivity index (χ2v) is 5.10. The Morgan fingerprint density at radius 2 is 2.26 bits per heavy atom. The molecule has 102 valence electrons. The van der Waals surface area contributed by atoms with Gasteiger partial charge in [-0.15, -0.1) is 0 Å². The SMILES string of the molecule is O=C(/C=C/c1ccnc(Cl)c1)NC1CCCCC1O. The third kappa shape index (κ3) is 4.33. The van der Waals surface area contributed by atoms with Crippen LogP contribution in [0.4, 0.5) is 0 Å². The second kappa shape index (κ2) is 6.68. The maximum absolute atomic E-state index is 11.8. The molecule has 0 bridgehead atoms. The maximum Gasteiger partial charge on any atom is 0.244 e. The fraction of sp³-hybridized carbons (Fsp3) is 0.429. The predicted octanol–water partition coefficient (Wildman–Crippen LogP) is 2.17. The molecule has 1 saturated carbocycles. The normalized spacial score (nSPS) is 23.5. The smallest absolute Gasteiger partial charge is 0.244 e. The van der Waals surface area contributed by atoms with E-state index >= 15 is 0 Å². The minimum Gasteiger partial charge on any atom is -0.391 e. The molecular weight excluding hydrogens is 264 g/mol. The number of rotatable bonds is 3. The zero-order valence-corrected chi connectivity index (χ0v) is 11.3. The van der Waals surface area contributed by atoms with Gasteiger partial charge < -0.3 is 10.4 Å². The van der Waals surface area contributed by atoms with Gasteiger partial charge in [0, 0.05) is 12.3 Å². The van der Waals surface area contributed by atoms with Gasteiger partial charge in [0.05, 0.1) is 12.1 Å². The van der Waals surface area contributed by atoms with Crippen molar-refractivity contribution in [2.24, 2.45) is 0 Å². The lowest BCUT2D eigenvalue weighted by Gasteiger charge is -2.27. The largest absolute Gasteiger partial charge is 0.391 e. The zero-order chi connectivity index (χ0) is 13.7. The summed E-state index contributed by atoms with van der Waals surface area (Å²) in [7, 11) is 0. The minimum atomic E-state index is -0.429. The van der Waals surface area contributed by atoms with Crippen molar-refractivity contribution in [1.82, 2.24) is 10.3 Å². The molecule has 1 aromatic rings. The van der Waals surface area contributed by atoms with Crippen LogP contribution in [-0.2, 0) is 4.79 Å². The van der Waals surface area contributed by atoms with E-state index in [0.717, 1.165) is 31.2 Å². The Hall–Kier alpha value is -1.39. The molecule has 2 atom stereocenters. The number of amides is 1. The summed E-state index contributed by atoms with van der Waals surface area (Å²) in [6, 6.07) is 3.32. The summed E-state index contributed by atoms with van der Waals surface area (Å²) in [5, 5.41) is 13.0. The highest BCUT2D eigenvalue weighted by Gasteiger charge is 2.23. The van der Waals surface area contributed by atoms with Gasteiger partial charge in [0.2, 0.25) is 5.91 Å². The van der Waals surface area contributed by atoms with Crippen molar-refractivity contribution in [3.05, 3.63) is 35.1 Å². The van der Waals surface area contributed by atoms with Crippen LogP contribution in [0.5, 0.6) is 0 Å². The molecule has 2 unspecified atom stereocenters. The molecule has 1 heterocycles. The number of hydrogen-bond donors (Lipinski definition) is 2. The van der Waals surface area contributed by atoms with Crippen molar-refractivity contribution in [2.75, 3.05) is 0 Å². The number of aromatic nitrogens is 1. The summed E-state index contributed by atoms with van der Waals surface area (Å²) in [5.41, 5.74) is 0.819. The van der Waals surface area contributed by atoms with Crippen LogP contribution in [-0.4, -0.2) is 28.1 Å². The van der Waals surface area contributed by atoms with E-state index < -0.39 is 6.10 Å². The first kappa shape index (κ1) is 14.0. The van der Waals surface area contributed by atoms with Crippen molar-refractivity contribution in [3.63, 3.8) is 0 Å². The number of nitrogens with zero attached hydrogens (tertiary/aromatic N) is 1. The monoisotopic (exact) mass is 280 g/mol. The van der Waals surface area contributed by atoms with Gasteiger partial charge in [-0.2, -0.15) is 0 Å². The summed E-state index contributed by atoms with van der Waals surface area (Å²) in [4.78, 5) is 15.6. The molecule has 1 fully saturated rings. The third-order valence-electron chi connectivity index (χ3n) is 3.23. The summed E-state index contributed by atoms with van der Waals surface area (Å²) in [6.07, 6.45) is 7.96. The van der Waals surface area contributed by atoms with Crippen LogP contribution in [0.1, 0.15) is 31.2 Å². The van der Waals surface area contributed by atoms with E-state index in [-0.39, 0.29) is 11.9 Å². The number of carbonyl (C=O) groups excluding carboxylic acids is 1. The molecule has 5 heteroatoms. The number of carbonyl (C=O) groups is 1. The first-order valence-electron chi connectivity index (χ1n) is 6.43. The molecule has 0 aromatic carbocycles. The fourth-order valence-corrected chi connectivity index (χ4v) is 2.39. The fourth-order valence-electron chi connectivity index (χ4n) is 2.20. The van der Waals surface area contributed by atoms with E-state index in [4.69, 9.17) is 11.6 Å². The average Bonchev–Trinajstić information content (AvgIpc) is 2.39. The Morgan fingerprint density at radius 1 is 1.47 bits per heavy atom. The van der Waals surface area contributed by atoms with E-state index in [1.54, 1.807) is 24.4 Å². The van der Waals surface area contributed by atoms with Crippen LogP contribution in [0.3, 0.4) is 0 Å². The molecule has 1 amide bonds. The van der Waals surface area contributed by atoms with E-state index in [1.165, 1.54) is 6.08 Å². The van der Waals surface area contributed by atoms with Gasteiger partial charge in [-0.05, 0) is 36.6 Å². The minimum absolute atomic E-state index is 0.132. The highest BCUT2D eigenvalue weighted by atomic mass is 35.5. The summed E-state index contributed by atoms with van der Waals surface area (Å²) >= 11 is 5.76. The third-order valence-corrected chi connectivity index (χ3v) is 3.44. The van der Waals surface area contributed by atoms with E-state index in [9.17, 15) is 9.90 Å². The van der Waals surface area contributed by atoms with Gasteiger partial charge >= 0.3 is 0 Å². The van der Waals surface area contributed by atoms with Gasteiger partial charge in [0.25, 0.3) is 0 Å². The quantitative estimate of drug-likeness (QED) is 0.659. The molecule has 1 aliphatic rings. The molecule has 0 radical (unpaired) electrons. The van der Waals surface area contributed by atoms with Gasteiger partial charge in [-0.1, -0.05) is 24.4 Å². The Balaban J connectivity index is 1.90. The number of aliphatic hydroxyl groups excluding tert-OH is 1. The first-order valence-corrected chi connectivity index (χ1v) is 6.81. The van der Waals surface area contributed by atoms with Crippen molar-refractivity contribution in [2.45, 2.75) is 37.8 Å². The molecule has 0 saturated heterocycles. The molecule has 2 N–H and O–H groups in total. The molecule has 0 aliphatic heterocycles. The van der Waals surface area contributed by atoms with Gasteiger partial charge in [-0.3, -0.25) is 4.79 Å². The number of nitrogens with one attached hydrogen (secondary N) is 1. The van der Waals surface area contributed by atoms with Crippen LogP contribution in [0.2, 0.25) is 5.15 Å². The second-order valence-electron chi connectivity index (χ2n) is 4.71. The molecule has 2 rings (SSSR count). The van der Waals surface area contributed by atoms with E-state index in [0.29, 0.717) is 5.15 Å². The number of halogens is 1. The van der Waals surface area contributed by atoms with Crippen molar-refractivity contribution in [3.8, 4) is 0 Å². The highest BCUT2D eigenvalue weighted by Crippen LogP contribution is 2.18. The maximum atomic E-state index is 11.8. The Bertz CT molecular complexity index is 476. The molecule has 4 nitrogen and oxygen atoms in total. The molecule has 1 aliphatic carbocycles. The standard InChI is InChI=1S/C14H17ClN2O2/c15-13-9-10(7-8-16-13)5-6-14(19)17-11-3-1-2-4-12(11)18/h5-9,11-12,18H,1-4H2,(H,17,19)/b6-5+. The first-order chi connectivity index (χ1) is 9.15. The molecule has 19 heavy (non-hydrogen) atoms. The van der Waals surface area contributed by atoms with Crippen molar-refractivity contribution in [1.29, 1.82) is 0 Å². The lowest BCUT2D eigenvalue weighted by molar-refractivity contribution is -0.118. The van der Waals surface area contributed by atoms with Gasteiger partial charge in [0.1, 0.15) is 5.15 Å². The van der Waals surface area contributed by atoms with Crippen molar-refractivity contribution < 1.29 is 9.90 Å². The highest BCUT2D eigenvalue weighted by molar-refractivity contribution is 6.29. The average molecular weight is 281 g/mol. The summed E-state index contributed by atoms with van der Waals surface area (Å²) in [5.74, 6) is -0.195. The summed E-state index contributed by atoms with van der Waals surface area (Å²) < 4.78 is 0. The lowest BCUT2D eigenvalue weighted by Crippen LogP contribution is -2.44. The van der Waals surface area contributed by atoms with Gasteiger partial charge in [0.15, 0.2) is 0 Å². The van der Waals surface area contributed by atoms with E-state index in [2.05, 4.69) is 10.3 Å².